The number of hydrogen-bond donors (Lipinski definition) is 2. The van der Waals surface area contributed by atoms with Gasteiger partial charge in [0.1, 0.15) is 18.5 Å². The highest BCUT2D eigenvalue weighted by Gasteiger charge is 2.18. The van der Waals surface area contributed by atoms with Crippen molar-refractivity contribution in [3.05, 3.63) is 27.8 Å². The van der Waals surface area contributed by atoms with Crippen LogP contribution in [0.5, 0.6) is 5.75 Å². The number of piperazine rings is 1. The molecule has 0 spiro atoms. The summed E-state index contributed by atoms with van der Waals surface area (Å²) in [7, 11) is 0. The zero-order chi connectivity index (χ0) is 15.1. The lowest BCUT2D eigenvalue weighted by Gasteiger charge is -2.35. The molecule has 118 valence electrons. The predicted molar refractivity (Wildman–Crippen MR) is 90.6 cm³/mol. The average Bonchev–Trinajstić information content (AvgIpc) is 2.49. The van der Waals surface area contributed by atoms with Gasteiger partial charge in [0.05, 0.1) is 6.61 Å². The Hall–Kier alpha value is -0.410. The van der Waals surface area contributed by atoms with Crippen LogP contribution < -0.4 is 4.74 Å². The van der Waals surface area contributed by atoms with Crippen LogP contribution in [0.25, 0.3) is 0 Å². The second-order valence-corrected chi connectivity index (χ2v) is 6.53. The fourth-order valence-corrected chi connectivity index (χ4v) is 2.77. The predicted octanol–water partition coefficient (Wildman–Crippen LogP) is 0.641. The maximum Gasteiger partial charge on any atom is 0.119 e. The van der Waals surface area contributed by atoms with Crippen molar-refractivity contribution in [2.45, 2.75) is 6.10 Å². The Balaban J connectivity index is 1.65. The van der Waals surface area contributed by atoms with Crippen molar-refractivity contribution in [1.82, 2.24) is 9.80 Å². The molecule has 1 unspecified atom stereocenters. The number of nitrogens with zero attached hydrogens (tertiary/aromatic N) is 2. The minimum absolute atomic E-state index is 0.215. The molecule has 2 rings (SSSR count). The van der Waals surface area contributed by atoms with Gasteiger partial charge in [-0.1, -0.05) is 0 Å². The average molecular weight is 406 g/mol. The monoisotopic (exact) mass is 406 g/mol. The third-order valence-corrected chi connectivity index (χ3v) is 4.33. The first-order valence-corrected chi connectivity index (χ1v) is 8.37. The Bertz CT molecular complexity index is 408. The third-order valence-electron chi connectivity index (χ3n) is 3.61. The van der Waals surface area contributed by atoms with Gasteiger partial charge in [0.15, 0.2) is 0 Å². The normalized spacial score (nSPS) is 18.6. The number of rotatable bonds is 7. The van der Waals surface area contributed by atoms with Crippen LogP contribution in [-0.2, 0) is 0 Å². The lowest BCUT2D eigenvalue weighted by molar-refractivity contribution is 0.0428. The Morgan fingerprint density at radius 3 is 2.33 bits per heavy atom. The molecule has 0 aliphatic carbocycles. The van der Waals surface area contributed by atoms with Crippen LogP contribution in [0.2, 0.25) is 0 Å². The van der Waals surface area contributed by atoms with Gasteiger partial charge in [-0.15, -0.1) is 0 Å². The minimum Gasteiger partial charge on any atom is -0.491 e. The van der Waals surface area contributed by atoms with Gasteiger partial charge < -0.3 is 14.9 Å². The first-order valence-electron chi connectivity index (χ1n) is 7.29. The van der Waals surface area contributed by atoms with Crippen molar-refractivity contribution in [2.75, 3.05) is 52.5 Å². The number of aliphatic hydroxyl groups is 2. The standard InChI is InChI=1S/C15H23IN2O3/c16-13-1-3-15(4-2-13)21-12-14(20)11-18-7-5-17(6-8-18)9-10-19/h1-4,14,19-20H,5-12H2. The smallest absolute Gasteiger partial charge is 0.119 e. The van der Waals surface area contributed by atoms with Crippen LogP contribution in [0.15, 0.2) is 24.3 Å². The summed E-state index contributed by atoms with van der Waals surface area (Å²) >= 11 is 2.25. The van der Waals surface area contributed by atoms with E-state index in [1.54, 1.807) is 0 Å². The van der Waals surface area contributed by atoms with Crippen molar-refractivity contribution in [1.29, 1.82) is 0 Å². The van der Waals surface area contributed by atoms with Crippen LogP contribution in [0.4, 0.5) is 0 Å². The molecule has 0 saturated carbocycles. The quantitative estimate of drug-likeness (QED) is 0.652. The molecule has 1 fully saturated rings. The van der Waals surface area contributed by atoms with E-state index in [0.717, 1.165) is 38.5 Å². The molecule has 0 amide bonds. The van der Waals surface area contributed by atoms with E-state index in [1.807, 2.05) is 24.3 Å². The third kappa shape index (κ3) is 6.07. The summed E-state index contributed by atoms with van der Waals surface area (Å²) in [6, 6.07) is 7.82. The van der Waals surface area contributed by atoms with E-state index in [4.69, 9.17) is 9.84 Å². The highest BCUT2D eigenvalue weighted by atomic mass is 127. The molecule has 1 aliphatic heterocycles. The fraction of sp³-hybridized carbons (Fsp3) is 0.600. The van der Waals surface area contributed by atoms with Crippen LogP contribution in [0, 0.1) is 3.57 Å². The lowest BCUT2D eigenvalue weighted by atomic mass is 10.2. The van der Waals surface area contributed by atoms with Crippen LogP contribution in [-0.4, -0.2) is 78.6 Å². The van der Waals surface area contributed by atoms with Crippen LogP contribution in [0.1, 0.15) is 0 Å². The Morgan fingerprint density at radius 2 is 1.71 bits per heavy atom. The number of hydrogen-bond acceptors (Lipinski definition) is 5. The van der Waals surface area contributed by atoms with E-state index >= 15 is 0 Å². The SMILES string of the molecule is OCCN1CCN(CC(O)COc2ccc(I)cc2)CC1. The van der Waals surface area contributed by atoms with E-state index < -0.39 is 6.10 Å². The van der Waals surface area contributed by atoms with Gasteiger partial charge in [-0.3, -0.25) is 9.80 Å². The van der Waals surface area contributed by atoms with E-state index in [0.29, 0.717) is 13.2 Å². The van der Waals surface area contributed by atoms with Crippen molar-refractivity contribution in [3.8, 4) is 5.75 Å². The zero-order valence-corrected chi connectivity index (χ0v) is 14.3. The highest BCUT2D eigenvalue weighted by Crippen LogP contribution is 2.13. The summed E-state index contributed by atoms with van der Waals surface area (Å²) in [5.74, 6) is 0.794. The van der Waals surface area contributed by atoms with Crippen LogP contribution in [0.3, 0.4) is 0 Å². The topological polar surface area (TPSA) is 56.2 Å². The van der Waals surface area contributed by atoms with E-state index in [-0.39, 0.29) is 6.61 Å². The van der Waals surface area contributed by atoms with Gasteiger partial charge in [0.25, 0.3) is 0 Å². The van der Waals surface area contributed by atoms with Crippen molar-refractivity contribution >= 4 is 22.6 Å². The van der Waals surface area contributed by atoms with Gasteiger partial charge in [0, 0.05) is 42.8 Å². The summed E-state index contributed by atoms with van der Waals surface area (Å²) < 4.78 is 6.77. The zero-order valence-electron chi connectivity index (χ0n) is 12.1. The molecule has 1 saturated heterocycles. The summed E-state index contributed by atoms with van der Waals surface area (Å²) in [5.41, 5.74) is 0. The molecule has 1 aromatic rings. The Morgan fingerprint density at radius 1 is 1.10 bits per heavy atom. The minimum atomic E-state index is -0.478. The molecule has 6 heteroatoms. The lowest BCUT2D eigenvalue weighted by Crippen LogP contribution is -2.49. The van der Waals surface area contributed by atoms with Gasteiger partial charge >= 0.3 is 0 Å². The van der Waals surface area contributed by atoms with Crippen molar-refractivity contribution in [2.24, 2.45) is 0 Å². The molecule has 1 atom stereocenters. The van der Waals surface area contributed by atoms with Gasteiger partial charge in [-0.25, -0.2) is 0 Å². The number of β-amino-alcohol motifs (C(OH)–C–C–N with tert-alkyl or cyclic N) is 2. The van der Waals surface area contributed by atoms with Gasteiger partial charge in [0.2, 0.25) is 0 Å². The summed E-state index contributed by atoms with van der Waals surface area (Å²) in [4.78, 5) is 4.49. The summed E-state index contributed by atoms with van der Waals surface area (Å²) in [6.45, 7) is 5.67. The molecule has 21 heavy (non-hydrogen) atoms. The molecule has 2 N–H and O–H groups in total. The molecule has 1 heterocycles. The molecule has 0 radical (unpaired) electrons. The highest BCUT2D eigenvalue weighted by molar-refractivity contribution is 14.1. The molecule has 1 aromatic carbocycles. The number of aliphatic hydroxyl groups excluding tert-OH is 2. The maximum absolute atomic E-state index is 10.1. The molecular weight excluding hydrogens is 383 g/mol. The molecule has 0 bridgehead atoms. The molecule has 1 aliphatic rings. The molecular formula is C15H23IN2O3. The number of ether oxygens (including phenoxy) is 1. The summed E-state index contributed by atoms with van der Waals surface area (Å²) in [5, 5.41) is 19.0. The summed E-state index contributed by atoms with van der Waals surface area (Å²) in [6.07, 6.45) is -0.478. The maximum atomic E-state index is 10.1. The second-order valence-electron chi connectivity index (χ2n) is 5.28. The largest absolute Gasteiger partial charge is 0.491 e. The van der Waals surface area contributed by atoms with E-state index in [2.05, 4.69) is 32.4 Å². The van der Waals surface area contributed by atoms with E-state index in [1.165, 1.54) is 3.57 Å². The first-order chi connectivity index (χ1) is 10.2. The van der Waals surface area contributed by atoms with E-state index in [9.17, 15) is 5.11 Å². The molecule has 0 aromatic heterocycles. The first kappa shape index (κ1) is 17.0. The van der Waals surface area contributed by atoms with Crippen molar-refractivity contribution in [3.63, 3.8) is 0 Å². The van der Waals surface area contributed by atoms with Crippen molar-refractivity contribution < 1.29 is 14.9 Å². The molecule has 5 nitrogen and oxygen atoms in total. The van der Waals surface area contributed by atoms with Crippen LogP contribution >= 0.6 is 22.6 Å². The number of benzene rings is 1. The fourth-order valence-electron chi connectivity index (χ4n) is 2.41. The van der Waals surface area contributed by atoms with Gasteiger partial charge in [-0.2, -0.15) is 0 Å². The number of halogens is 1. The Kier molecular flexibility index (Phi) is 7.18. The van der Waals surface area contributed by atoms with Gasteiger partial charge in [-0.05, 0) is 46.9 Å². The second kappa shape index (κ2) is 8.89. The Labute approximate surface area is 139 Å².